The van der Waals surface area contributed by atoms with Crippen molar-refractivity contribution in [3.8, 4) is 5.75 Å². The van der Waals surface area contributed by atoms with E-state index in [1.54, 1.807) is 25.1 Å². The number of rotatable bonds is 5. The van der Waals surface area contributed by atoms with Gasteiger partial charge in [-0.05, 0) is 38.1 Å². The molecule has 1 aromatic carbocycles. The fraction of sp³-hybridized carbons (Fsp3) is 0.368. The summed E-state index contributed by atoms with van der Waals surface area (Å²) in [6.45, 7) is 3.61. The fourth-order valence-electron chi connectivity index (χ4n) is 3.02. The summed E-state index contributed by atoms with van der Waals surface area (Å²) < 4.78 is 10.4. The van der Waals surface area contributed by atoms with Crippen molar-refractivity contribution >= 4 is 45.6 Å². The van der Waals surface area contributed by atoms with Crippen LogP contribution in [0.15, 0.2) is 18.2 Å². The minimum atomic E-state index is -0.493. The number of amides is 2. The second-order valence-electron chi connectivity index (χ2n) is 6.34. The number of nitrogens with zero attached hydrogens (tertiary/aromatic N) is 1. The van der Waals surface area contributed by atoms with Gasteiger partial charge in [-0.3, -0.25) is 5.32 Å². The lowest BCUT2D eigenvalue weighted by Crippen LogP contribution is -2.26. The number of hydrogen-bond donors (Lipinski definition) is 2. The van der Waals surface area contributed by atoms with Crippen LogP contribution in [0.25, 0.3) is 0 Å². The number of halogens is 1. The van der Waals surface area contributed by atoms with Gasteiger partial charge in [0.05, 0.1) is 30.0 Å². The molecule has 0 saturated carbocycles. The number of ether oxygens (including phenoxy) is 2. The zero-order valence-corrected chi connectivity index (χ0v) is 17.5. The van der Waals surface area contributed by atoms with Crippen LogP contribution in [-0.4, -0.2) is 44.2 Å². The topological polar surface area (TPSA) is 79.9 Å². The lowest BCUT2D eigenvalue weighted by molar-refractivity contribution is 0.0526. The summed E-state index contributed by atoms with van der Waals surface area (Å²) in [6, 6.07) is 4.48. The van der Waals surface area contributed by atoms with Crippen LogP contribution in [0.3, 0.4) is 0 Å². The highest BCUT2D eigenvalue weighted by molar-refractivity contribution is 7.17. The van der Waals surface area contributed by atoms with Crippen molar-refractivity contribution in [2.45, 2.75) is 19.9 Å². The molecule has 2 heterocycles. The molecule has 0 fully saturated rings. The summed E-state index contributed by atoms with van der Waals surface area (Å²) in [4.78, 5) is 28.3. The molecule has 1 aliphatic rings. The monoisotopic (exact) mass is 423 g/mol. The van der Waals surface area contributed by atoms with E-state index in [4.69, 9.17) is 21.1 Å². The Hall–Kier alpha value is -2.29. The lowest BCUT2D eigenvalue weighted by Gasteiger charge is -2.22. The molecule has 1 aromatic heterocycles. The summed E-state index contributed by atoms with van der Waals surface area (Å²) in [7, 11) is 3.56. The van der Waals surface area contributed by atoms with E-state index in [0.29, 0.717) is 27.0 Å². The number of methoxy groups -OCH3 is 1. The van der Waals surface area contributed by atoms with E-state index >= 15 is 0 Å². The van der Waals surface area contributed by atoms with Gasteiger partial charge >= 0.3 is 12.0 Å². The maximum atomic E-state index is 12.6. The molecule has 150 valence electrons. The van der Waals surface area contributed by atoms with E-state index < -0.39 is 12.0 Å². The van der Waals surface area contributed by atoms with E-state index in [1.807, 2.05) is 7.05 Å². The van der Waals surface area contributed by atoms with E-state index in [-0.39, 0.29) is 6.61 Å². The van der Waals surface area contributed by atoms with Crippen molar-refractivity contribution in [1.29, 1.82) is 0 Å². The molecule has 7 nitrogen and oxygen atoms in total. The summed E-state index contributed by atoms with van der Waals surface area (Å²) in [5.41, 5.74) is 1.82. The van der Waals surface area contributed by atoms with E-state index in [0.717, 1.165) is 30.0 Å². The first-order chi connectivity index (χ1) is 13.4. The number of hydrogen-bond acceptors (Lipinski definition) is 6. The number of urea groups is 1. The summed E-state index contributed by atoms with van der Waals surface area (Å²) >= 11 is 7.55. The van der Waals surface area contributed by atoms with Gasteiger partial charge in [-0.25, -0.2) is 9.59 Å². The Balaban J connectivity index is 1.85. The van der Waals surface area contributed by atoms with Gasteiger partial charge in [-0.2, -0.15) is 0 Å². The summed E-state index contributed by atoms with van der Waals surface area (Å²) in [5, 5.41) is 6.35. The predicted octanol–water partition coefficient (Wildman–Crippen LogP) is 4.22. The molecule has 0 atom stereocenters. The minimum absolute atomic E-state index is 0.272. The molecule has 0 radical (unpaired) electrons. The Kier molecular flexibility index (Phi) is 6.43. The number of fused-ring (bicyclic) bond motifs is 1. The molecule has 0 saturated heterocycles. The molecule has 2 amide bonds. The third kappa shape index (κ3) is 4.40. The number of nitrogens with one attached hydrogen (secondary N) is 2. The van der Waals surface area contributed by atoms with Crippen LogP contribution in [0.4, 0.5) is 15.5 Å². The lowest BCUT2D eigenvalue weighted by atomic mass is 10.0. The molecule has 0 aliphatic carbocycles. The molecule has 0 bridgehead atoms. The van der Waals surface area contributed by atoms with Gasteiger partial charge in [-0.1, -0.05) is 11.6 Å². The average molecular weight is 424 g/mol. The van der Waals surface area contributed by atoms with Crippen LogP contribution in [0, 0.1) is 0 Å². The highest BCUT2D eigenvalue weighted by atomic mass is 35.5. The van der Waals surface area contributed by atoms with E-state index in [2.05, 4.69) is 15.5 Å². The zero-order valence-electron chi connectivity index (χ0n) is 15.9. The van der Waals surface area contributed by atoms with Gasteiger partial charge in [0.15, 0.2) is 0 Å². The number of carbonyl (C=O) groups excluding carboxylic acids is 2. The Bertz CT molecular complexity index is 900. The maximum Gasteiger partial charge on any atom is 0.341 e. The minimum Gasteiger partial charge on any atom is -0.497 e. The van der Waals surface area contributed by atoms with Crippen molar-refractivity contribution in [3.63, 3.8) is 0 Å². The van der Waals surface area contributed by atoms with Crippen molar-refractivity contribution in [2.75, 3.05) is 37.9 Å². The number of carbonyl (C=O) groups is 2. The molecule has 0 unspecified atom stereocenters. The third-order valence-electron chi connectivity index (χ3n) is 4.38. The molecule has 28 heavy (non-hydrogen) atoms. The third-order valence-corrected chi connectivity index (χ3v) is 5.84. The number of benzene rings is 1. The van der Waals surface area contributed by atoms with Crippen LogP contribution in [0.2, 0.25) is 5.02 Å². The Morgan fingerprint density at radius 3 is 2.82 bits per heavy atom. The van der Waals surface area contributed by atoms with Gasteiger partial charge < -0.3 is 19.7 Å². The highest BCUT2D eigenvalue weighted by Crippen LogP contribution is 2.37. The van der Waals surface area contributed by atoms with Crippen LogP contribution >= 0.6 is 22.9 Å². The predicted molar refractivity (Wildman–Crippen MR) is 111 cm³/mol. The zero-order chi connectivity index (χ0) is 20.3. The SMILES string of the molecule is CCOC(=O)c1c(NC(=O)Nc2cc(OC)ccc2Cl)sc2c1CCN(C)C2. The molecule has 0 spiro atoms. The normalized spacial score (nSPS) is 13.6. The maximum absolute atomic E-state index is 12.6. The molecule has 2 aromatic rings. The Labute approximate surface area is 172 Å². The van der Waals surface area contributed by atoms with Gasteiger partial charge in [0.2, 0.25) is 0 Å². The standard InChI is InChI=1S/C19H22ClN3O4S/c1-4-27-18(24)16-12-7-8-23(2)10-15(12)28-17(16)22-19(25)21-14-9-11(26-3)5-6-13(14)20/h5-6,9H,4,7-8,10H2,1-3H3,(H2,21,22,25). The highest BCUT2D eigenvalue weighted by Gasteiger charge is 2.28. The molecule has 9 heteroatoms. The van der Waals surface area contributed by atoms with Gasteiger partial charge in [-0.15, -0.1) is 11.3 Å². The quantitative estimate of drug-likeness (QED) is 0.704. The number of thiophene rings is 1. The first-order valence-corrected chi connectivity index (χ1v) is 10.0. The number of anilines is 2. The second-order valence-corrected chi connectivity index (χ2v) is 7.85. The number of esters is 1. The Morgan fingerprint density at radius 1 is 1.32 bits per heavy atom. The van der Waals surface area contributed by atoms with Crippen LogP contribution in [-0.2, 0) is 17.7 Å². The second kappa shape index (κ2) is 8.81. The number of likely N-dealkylation sites (N-methyl/N-ethyl adjacent to an activating group) is 1. The summed E-state index contributed by atoms with van der Waals surface area (Å²) in [5.74, 6) is 0.154. The van der Waals surface area contributed by atoms with Crippen molar-refractivity contribution in [1.82, 2.24) is 4.90 Å². The van der Waals surface area contributed by atoms with Crippen LogP contribution in [0.1, 0.15) is 27.7 Å². The summed E-state index contributed by atoms with van der Waals surface area (Å²) in [6.07, 6.45) is 0.738. The molecular formula is C19H22ClN3O4S. The Morgan fingerprint density at radius 2 is 2.11 bits per heavy atom. The smallest absolute Gasteiger partial charge is 0.341 e. The van der Waals surface area contributed by atoms with Crippen molar-refractivity contribution in [3.05, 3.63) is 39.2 Å². The molecule has 3 rings (SSSR count). The largest absolute Gasteiger partial charge is 0.497 e. The van der Waals surface area contributed by atoms with E-state index in [9.17, 15) is 9.59 Å². The average Bonchev–Trinajstić information content (AvgIpc) is 3.00. The molecule has 2 N–H and O–H groups in total. The fourth-order valence-corrected chi connectivity index (χ4v) is 4.50. The van der Waals surface area contributed by atoms with Gasteiger partial charge in [0, 0.05) is 24.0 Å². The first-order valence-electron chi connectivity index (χ1n) is 8.84. The molecular weight excluding hydrogens is 402 g/mol. The molecule has 1 aliphatic heterocycles. The first kappa shape index (κ1) is 20.4. The van der Waals surface area contributed by atoms with Crippen LogP contribution < -0.4 is 15.4 Å². The van der Waals surface area contributed by atoms with Crippen LogP contribution in [0.5, 0.6) is 5.75 Å². The van der Waals surface area contributed by atoms with E-state index in [1.165, 1.54) is 18.4 Å². The van der Waals surface area contributed by atoms with Crippen molar-refractivity contribution < 1.29 is 19.1 Å². The van der Waals surface area contributed by atoms with Crippen molar-refractivity contribution in [2.24, 2.45) is 0 Å². The van der Waals surface area contributed by atoms with Gasteiger partial charge in [0.25, 0.3) is 0 Å². The van der Waals surface area contributed by atoms with Gasteiger partial charge in [0.1, 0.15) is 10.8 Å².